The summed E-state index contributed by atoms with van der Waals surface area (Å²) in [5, 5.41) is 0.677. The zero-order valence-corrected chi connectivity index (χ0v) is 10.8. The summed E-state index contributed by atoms with van der Waals surface area (Å²) in [5.74, 6) is 0. The maximum absolute atomic E-state index is 6.60. The first kappa shape index (κ1) is 11.1. The van der Waals surface area contributed by atoms with Crippen molar-refractivity contribution in [1.29, 1.82) is 0 Å². The summed E-state index contributed by atoms with van der Waals surface area (Å²) in [4.78, 5) is 0. The number of hydrogen-bond donors (Lipinski definition) is 0. The Kier molecular flexibility index (Phi) is 2.85. The molecule has 1 unspecified atom stereocenters. The van der Waals surface area contributed by atoms with Crippen LogP contribution in [0.2, 0.25) is 5.02 Å². The number of alkyl halides is 1. The van der Waals surface area contributed by atoms with Crippen molar-refractivity contribution in [3.63, 3.8) is 0 Å². The molecule has 0 saturated heterocycles. The molecule has 1 atom stereocenters. The largest absolute Gasteiger partial charge is 0.113 e. The minimum absolute atomic E-state index is 0.0811. The third-order valence-electron chi connectivity index (χ3n) is 3.37. The zero-order valence-electron chi connectivity index (χ0n) is 9.29. The number of rotatable bonds is 0. The van der Waals surface area contributed by atoms with E-state index in [0.717, 1.165) is 23.4 Å². The molecule has 3 rings (SSSR count). The van der Waals surface area contributed by atoms with Crippen molar-refractivity contribution < 1.29 is 0 Å². The van der Waals surface area contributed by atoms with Crippen LogP contribution in [0.25, 0.3) is 0 Å². The van der Waals surface area contributed by atoms with Crippen molar-refractivity contribution in [2.24, 2.45) is 0 Å². The fourth-order valence-corrected chi connectivity index (χ4v) is 3.07. The van der Waals surface area contributed by atoms with Crippen LogP contribution in [0.3, 0.4) is 0 Å². The lowest BCUT2D eigenvalue weighted by Gasteiger charge is -2.13. The zero-order chi connectivity index (χ0) is 11.8. The maximum atomic E-state index is 6.60. The lowest BCUT2D eigenvalue weighted by atomic mass is 10.00. The molecule has 0 aliphatic heterocycles. The molecule has 1 aliphatic carbocycles. The second-order valence-electron chi connectivity index (χ2n) is 4.40. The van der Waals surface area contributed by atoms with E-state index in [4.69, 9.17) is 23.2 Å². The SMILES string of the molecule is Clc1ccc2c(c1)C(Cl)c1ccccc1CC2. The number of fused-ring (bicyclic) bond motifs is 2. The van der Waals surface area contributed by atoms with Gasteiger partial charge in [0.25, 0.3) is 0 Å². The fourth-order valence-electron chi connectivity index (χ4n) is 2.48. The Morgan fingerprint density at radius 3 is 2.41 bits per heavy atom. The first-order valence-electron chi connectivity index (χ1n) is 5.76. The first-order chi connectivity index (χ1) is 8.25. The van der Waals surface area contributed by atoms with Crippen LogP contribution in [0.15, 0.2) is 42.5 Å². The quantitative estimate of drug-likeness (QED) is 0.601. The average Bonchev–Trinajstić information content (AvgIpc) is 2.49. The van der Waals surface area contributed by atoms with Crippen LogP contribution in [0.1, 0.15) is 27.6 Å². The van der Waals surface area contributed by atoms with E-state index < -0.39 is 0 Å². The lowest BCUT2D eigenvalue weighted by molar-refractivity contribution is 0.965. The van der Waals surface area contributed by atoms with Gasteiger partial charge in [-0.1, -0.05) is 41.9 Å². The Labute approximate surface area is 111 Å². The highest BCUT2D eigenvalue weighted by molar-refractivity contribution is 6.31. The van der Waals surface area contributed by atoms with E-state index in [9.17, 15) is 0 Å². The average molecular weight is 263 g/mol. The summed E-state index contributed by atoms with van der Waals surface area (Å²) in [6.07, 6.45) is 2.08. The molecule has 0 spiro atoms. The van der Waals surface area contributed by atoms with Crippen molar-refractivity contribution in [3.05, 3.63) is 69.7 Å². The van der Waals surface area contributed by atoms with Gasteiger partial charge in [0.15, 0.2) is 0 Å². The van der Waals surface area contributed by atoms with Gasteiger partial charge in [-0.3, -0.25) is 0 Å². The molecular weight excluding hydrogens is 251 g/mol. The molecule has 0 bridgehead atoms. The highest BCUT2D eigenvalue weighted by Gasteiger charge is 2.21. The predicted molar refractivity (Wildman–Crippen MR) is 73.0 cm³/mol. The van der Waals surface area contributed by atoms with E-state index in [-0.39, 0.29) is 5.38 Å². The number of hydrogen-bond acceptors (Lipinski definition) is 0. The molecule has 0 amide bonds. The Balaban J connectivity index is 2.18. The molecule has 0 saturated carbocycles. The normalized spacial score (nSPS) is 18.1. The molecule has 1 aliphatic rings. The Morgan fingerprint density at radius 1 is 0.882 bits per heavy atom. The van der Waals surface area contributed by atoms with Gasteiger partial charge in [0, 0.05) is 5.02 Å². The Hall–Kier alpha value is -0.980. The smallest absolute Gasteiger partial charge is 0.0841 e. The van der Waals surface area contributed by atoms with Gasteiger partial charge in [-0.05, 0) is 47.2 Å². The van der Waals surface area contributed by atoms with E-state index in [1.807, 2.05) is 18.2 Å². The molecule has 0 heterocycles. The predicted octanol–water partition coefficient (Wildman–Crippen LogP) is 4.77. The third kappa shape index (κ3) is 1.96. The van der Waals surface area contributed by atoms with Crippen molar-refractivity contribution in [3.8, 4) is 0 Å². The van der Waals surface area contributed by atoms with Gasteiger partial charge >= 0.3 is 0 Å². The highest BCUT2D eigenvalue weighted by atomic mass is 35.5. The van der Waals surface area contributed by atoms with Crippen LogP contribution in [0.5, 0.6) is 0 Å². The van der Waals surface area contributed by atoms with Gasteiger partial charge < -0.3 is 0 Å². The molecule has 0 radical (unpaired) electrons. The molecule has 17 heavy (non-hydrogen) atoms. The van der Waals surface area contributed by atoms with Gasteiger partial charge in [0.05, 0.1) is 5.38 Å². The van der Waals surface area contributed by atoms with Gasteiger partial charge in [-0.15, -0.1) is 11.6 Å². The summed E-state index contributed by atoms with van der Waals surface area (Å²) >= 11 is 12.7. The molecule has 86 valence electrons. The van der Waals surface area contributed by atoms with E-state index in [1.54, 1.807) is 0 Å². The fraction of sp³-hybridized carbons (Fsp3) is 0.200. The highest BCUT2D eigenvalue weighted by Crippen LogP contribution is 2.37. The van der Waals surface area contributed by atoms with E-state index in [0.29, 0.717) is 0 Å². The number of halogens is 2. The van der Waals surface area contributed by atoms with E-state index in [2.05, 4.69) is 24.3 Å². The van der Waals surface area contributed by atoms with Gasteiger partial charge in [0.1, 0.15) is 0 Å². The van der Waals surface area contributed by atoms with Crippen LogP contribution >= 0.6 is 23.2 Å². The summed E-state index contributed by atoms with van der Waals surface area (Å²) in [6.45, 7) is 0. The molecule has 0 nitrogen and oxygen atoms in total. The minimum Gasteiger partial charge on any atom is -0.113 e. The number of benzene rings is 2. The van der Waals surface area contributed by atoms with Crippen molar-refractivity contribution in [1.82, 2.24) is 0 Å². The van der Waals surface area contributed by atoms with Gasteiger partial charge in [-0.25, -0.2) is 0 Å². The van der Waals surface area contributed by atoms with Crippen molar-refractivity contribution in [2.75, 3.05) is 0 Å². The maximum Gasteiger partial charge on any atom is 0.0841 e. The molecular formula is C15H12Cl2. The summed E-state index contributed by atoms with van der Waals surface area (Å²) in [6, 6.07) is 14.4. The molecule has 0 fully saturated rings. The van der Waals surface area contributed by atoms with Crippen LogP contribution < -0.4 is 0 Å². The van der Waals surface area contributed by atoms with E-state index in [1.165, 1.54) is 16.7 Å². The third-order valence-corrected chi connectivity index (χ3v) is 4.08. The van der Waals surface area contributed by atoms with Gasteiger partial charge in [-0.2, -0.15) is 0 Å². The van der Waals surface area contributed by atoms with Crippen molar-refractivity contribution in [2.45, 2.75) is 18.2 Å². The topological polar surface area (TPSA) is 0 Å². The van der Waals surface area contributed by atoms with Crippen LogP contribution in [-0.4, -0.2) is 0 Å². The summed E-state index contributed by atoms with van der Waals surface area (Å²) in [7, 11) is 0. The van der Waals surface area contributed by atoms with Crippen molar-refractivity contribution >= 4 is 23.2 Å². The van der Waals surface area contributed by atoms with Gasteiger partial charge in [0.2, 0.25) is 0 Å². The molecule has 0 aromatic heterocycles. The van der Waals surface area contributed by atoms with E-state index >= 15 is 0 Å². The molecule has 2 aromatic rings. The monoisotopic (exact) mass is 262 g/mol. The molecule has 0 N–H and O–H groups in total. The first-order valence-corrected chi connectivity index (χ1v) is 6.57. The lowest BCUT2D eigenvalue weighted by Crippen LogP contribution is -1.96. The second-order valence-corrected chi connectivity index (χ2v) is 5.28. The standard InChI is InChI=1S/C15H12Cl2/c16-12-8-7-11-6-5-10-3-1-2-4-13(10)15(17)14(11)9-12/h1-4,7-9,15H,5-6H2. The molecule has 2 aromatic carbocycles. The van der Waals surface area contributed by atoms with Crippen LogP contribution in [0, 0.1) is 0 Å². The molecule has 2 heteroatoms. The number of aryl methyl sites for hydroxylation is 2. The summed E-state index contributed by atoms with van der Waals surface area (Å²) < 4.78 is 0. The second kappa shape index (κ2) is 4.36. The van der Waals surface area contributed by atoms with Crippen LogP contribution in [-0.2, 0) is 12.8 Å². The summed E-state index contributed by atoms with van der Waals surface area (Å²) in [5.41, 5.74) is 5.03. The van der Waals surface area contributed by atoms with Crippen LogP contribution in [0.4, 0.5) is 0 Å². The minimum atomic E-state index is -0.0811. The Morgan fingerprint density at radius 2 is 1.59 bits per heavy atom. The Bertz CT molecular complexity index is 561.